The average molecular weight is 281 g/mol. The molecule has 5 nitrogen and oxygen atoms in total. The van der Waals surface area contributed by atoms with Crippen molar-refractivity contribution < 1.29 is 9.53 Å². The van der Waals surface area contributed by atoms with Crippen LogP contribution in [0.5, 0.6) is 5.75 Å². The van der Waals surface area contributed by atoms with Crippen LogP contribution < -0.4 is 10.2 Å². The molecule has 5 heteroatoms. The van der Waals surface area contributed by atoms with E-state index in [-0.39, 0.29) is 5.91 Å². The summed E-state index contributed by atoms with van der Waals surface area (Å²) in [4.78, 5) is 15.6. The lowest BCUT2D eigenvalue weighted by Crippen LogP contribution is -2.17. The molecule has 0 radical (unpaired) electrons. The summed E-state index contributed by atoms with van der Waals surface area (Å²) in [5, 5.41) is 3.90. The van der Waals surface area contributed by atoms with Crippen molar-refractivity contribution in [3.63, 3.8) is 0 Å². The van der Waals surface area contributed by atoms with Gasteiger partial charge in [-0.1, -0.05) is 12.7 Å². The maximum Gasteiger partial charge on any atom is 0.272 e. The summed E-state index contributed by atoms with van der Waals surface area (Å²) < 4.78 is 5.37. The molecule has 21 heavy (non-hydrogen) atoms. The van der Waals surface area contributed by atoms with E-state index in [1.54, 1.807) is 30.6 Å². The SMILES string of the molecule is C=CCOc1ccc(/C=N\NC(=O)c2cccnc2)cc1. The van der Waals surface area contributed by atoms with Gasteiger partial charge in [-0.3, -0.25) is 9.78 Å². The zero-order valence-electron chi connectivity index (χ0n) is 11.4. The molecular weight excluding hydrogens is 266 g/mol. The third-order valence-corrected chi connectivity index (χ3v) is 2.55. The first kappa shape index (κ1) is 14.5. The van der Waals surface area contributed by atoms with Crippen molar-refractivity contribution in [1.29, 1.82) is 0 Å². The highest BCUT2D eigenvalue weighted by atomic mass is 16.5. The van der Waals surface area contributed by atoms with Gasteiger partial charge in [0.25, 0.3) is 5.91 Å². The number of aromatic nitrogens is 1. The smallest absolute Gasteiger partial charge is 0.272 e. The van der Waals surface area contributed by atoms with Crippen LogP contribution >= 0.6 is 0 Å². The Morgan fingerprint density at radius 1 is 1.33 bits per heavy atom. The highest BCUT2D eigenvalue weighted by molar-refractivity contribution is 5.94. The van der Waals surface area contributed by atoms with Crippen molar-refractivity contribution in [3.8, 4) is 5.75 Å². The monoisotopic (exact) mass is 281 g/mol. The number of amides is 1. The fourth-order valence-corrected chi connectivity index (χ4v) is 1.53. The molecule has 2 aromatic rings. The van der Waals surface area contributed by atoms with Gasteiger partial charge in [0.2, 0.25) is 0 Å². The molecule has 0 saturated carbocycles. The van der Waals surface area contributed by atoms with E-state index in [0.29, 0.717) is 12.2 Å². The molecule has 1 amide bonds. The van der Waals surface area contributed by atoms with Crippen molar-refractivity contribution in [1.82, 2.24) is 10.4 Å². The quantitative estimate of drug-likeness (QED) is 0.502. The fourth-order valence-electron chi connectivity index (χ4n) is 1.53. The van der Waals surface area contributed by atoms with E-state index >= 15 is 0 Å². The summed E-state index contributed by atoms with van der Waals surface area (Å²) in [6.45, 7) is 4.05. The van der Waals surface area contributed by atoms with Crippen molar-refractivity contribution in [2.45, 2.75) is 0 Å². The first-order valence-corrected chi connectivity index (χ1v) is 6.37. The molecule has 1 aromatic carbocycles. The van der Waals surface area contributed by atoms with Crippen molar-refractivity contribution in [3.05, 3.63) is 72.6 Å². The summed E-state index contributed by atoms with van der Waals surface area (Å²) in [5.41, 5.74) is 3.76. The Morgan fingerprint density at radius 2 is 2.14 bits per heavy atom. The summed E-state index contributed by atoms with van der Waals surface area (Å²) in [7, 11) is 0. The molecule has 0 aliphatic rings. The second-order valence-electron chi connectivity index (χ2n) is 4.11. The number of nitrogens with zero attached hydrogens (tertiary/aromatic N) is 2. The summed E-state index contributed by atoms with van der Waals surface area (Å²) >= 11 is 0. The van der Waals surface area contributed by atoms with E-state index in [1.165, 1.54) is 6.20 Å². The van der Waals surface area contributed by atoms with Crippen LogP contribution in [0.3, 0.4) is 0 Å². The molecule has 0 bridgehead atoms. The molecule has 0 fully saturated rings. The lowest BCUT2D eigenvalue weighted by molar-refractivity contribution is 0.0955. The standard InChI is InChI=1S/C16H15N3O2/c1-2-10-21-15-7-5-13(6-8-15)11-18-19-16(20)14-4-3-9-17-12-14/h2-9,11-12H,1,10H2,(H,19,20)/b18-11-. The second-order valence-corrected chi connectivity index (χ2v) is 4.11. The van der Waals surface area contributed by atoms with E-state index < -0.39 is 0 Å². The molecule has 1 N–H and O–H groups in total. The maximum atomic E-state index is 11.7. The number of carbonyl (C=O) groups excluding carboxylic acids is 1. The Morgan fingerprint density at radius 3 is 2.81 bits per heavy atom. The third kappa shape index (κ3) is 4.58. The molecule has 106 valence electrons. The minimum atomic E-state index is -0.301. The molecule has 0 unspecified atom stereocenters. The molecule has 2 rings (SSSR count). The zero-order chi connectivity index (χ0) is 14.9. The number of pyridine rings is 1. The number of carbonyl (C=O) groups is 1. The first-order chi connectivity index (χ1) is 10.3. The molecule has 0 aliphatic heterocycles. The molecule has 1 aromatic heterocycles. The zero-order valence-corrected chi connectivity index (χ0v) is 11.4. The number of benzene rings is 1. The van der Waals surface area contributed by atoms with Gasteiger partial charge in [0.15, 0.2) is 0 Å². The lowest BCUT2D eigenvalue weighted by Gasteiger charge is -2.02. The number of ether oxygens (including phenoxy) is 1. The predicted octanol–water partition coefficient (Wildman–Crippen LogP) is 2.41. The Bertz CT molecular complexity index is 622. The molecule has 0 aliphatic carbocycles. The van der Waals surface area contributed by atoms with Crippen molar-refractivity contribution in [2.75, 3.05) is 6.61 Å². The highest BCUT2D eigenvalue weighted by Gasteiger charge is 2.02. The molecule has 1 heterocycles. The van der Waals surface area contributed by atoms with Crippen LogP contribution in [0.4, 0.5) is 0 Å². The second kappa shape index (κ2) is 7.59. The average Bonchev–Trinajstić information content (AvgIpc) is 2.55. The molecular formula is C16H15N3O2. The molecule has 0 spiro atoms. The predicted molar refractivity (Wildman–Crippen MR) is 81.4 cm³/mol. The van der Waals surface area contributed by atoms with Gasteiger partial charge < -0.3 is 4.74 Å². The van der Waals surface area contributed by atoms with E-state index in [9.17, 15) is 4.79 Å². The van der Waals surface area contributed by atoms with Crippen LogP contribution in [0.25, 0.3) is 0 Å². The maximum absolute atomic E-state index is 11.7. The van der Waals surface area contributed by atoms with Crippen LogP contribution in [-0.2, 0) is 0 Å². The normalized spacial score (nSPS) is 10.3. The number of hydrazone groups is 1. The van der Waals surface area contributed by atoms with Crippen molar-refractivity contribution in [2.24, 2.45) is 5.10 Å². The third-order valence-electron chi connectivity index (χ3n) is 2.55. The van der Waals surface area contributed by atoms with Gasteiger partial charge in [-0.2, -0.15) is 5.10 Å². The first-order valence-electron chi connectivity index (χ1n) is 6.37. The van der Waals surface area contributed by atoms with Crippen LogP contribution in [-0.4, -0.2) is 23.7 Å². The van der Waals surface area contributed by atoms with E-state index in [1.807, 2.05) is 24.3 Å². The van der Waals surface area contributed by atoms with Gasteiger partial charge in [-0.15, -0.1) is 0 Å². The van der Waals surface area contributed by atoms with Crippen LogP contribution in [0.2, 0.25) is 0 Å². The van der Waals surface area contributed by atoms with Gasteiger partial charge in [0, 0.05) is 12.4 Å². The van der Waals surface area contributed by atoms with Gasteiger partial charge in [-0.25, -0.2) is 5.43 Å². The Hall–Kier alpha value is -2.95. The van der Waals surface area contributed by atoms with Gasteiger partial charge in [-0.05, 0) is 42.0 Å². The summed E-state index contributed by atoms with van der Waals surface area (Å²) in [5.74, 6) is 0.455. The Balaban J connectivity index is 1.89. The summed E-state index contributed by atoms with van der Waals surface area (Å²) in [6.07, 6.45) is 6.33. The van der Waals surface area contributed by atoms with Crippen LogP contribution in [0.15, 0.2) is 66.5 Å². The van der Waals surface area contributed by atoms with Crippen molar-refractivity contribution >= 4 is 12.1 Å². The topological polar surface area (TPSA) is 63.6 Å². The minimum absolute atomic E-state index is 0.301. The van der Waals surface area contributed by atoms with E-state index in [2.05, 4.69) is 22.1 Å². The van der Waals surface area contributed by atoms with Gasteiger partial charge in [0.05, 0.1) is 11.8 Å². The van der Waals surface area contributed by atoms with Crippen LogP contribution in [0, 0.1) is 0 Å². The lowest BCUT2D eigenvalue weighted by atomic mass is 10.2. The molecule has 0 saturated heterocycles. The largest absolute Gasteiger partial charge is 0.490 e. The summed E-state index contributed by atoms with van der Waals surface area (Å²) in [6, 6.07) is 10.7. The number of hydrogen-bond acceptors (Lipinski definition) is 4. The number of rotatable bonds is 6. The Kier molecular flexibility index (Phi) is 5.23. The highest BCUT2D eigenvalue weighted by Crippen LogP contribution is 2.10. The van der Waals surface area contributed by atoms with Gasteiger partial charge >= 0.3 is 0 Å². The Labute approximate surface area is 123 Å². The number of hydrogen-bond donors (Lipinski definition) is 1. The van der Waals surface area contributed by atoms with Crippen LogP contribution in [0.1, 0.15) is 15.9 Å². The number of nitrogens with one attached hydrogen (secondary N) is 1. The van der Waals surface area contributed by atoms with E-state index in [0.717, 1.165) is 11.3 Å². The minimum Gasteiger partial charge on any atom is -0.490 e. The fraction of sp³-hybridized carbons (Fsp3) is 0.0625. The van der Waals surface area contributed by atoms with E-state index in [4.69, 9.17) is 4.74 Å². The van der Waals surface area contributed by atoms with Gasteiger partial charge in [0.1, 0.15) is 12.4 Å². The molecule has 0 atom stereocenters.